The summed E-state index contributed by atoms with van der Waals surface area (Å²) in [6, 6.07) is 113. The highest BCUT2D eigenvalue weighted by Gasteiger charge is 2.52. The van der Waals surface area contributed by atoms with E-state index in [-0.39, 0.29) is 0 Å². The first-order chi connectivity index (χ1) is 37.7. The van der Waals surface area contributed by atoms with E-state index in [4.69, 9.17) is 0 Å². The number of benzene rings is 12. The number of hydrogen-bond donors (Lipinski definition) is 0. The van der Waals surface area contributed by atoms with Gasteiger partial charge in [0.25, 0.3) is 0 Å². The summed E-state index contributed by atoms with van der Waals surface area (Å²) in [5, 5.41) is 0. The lowest BCUT2D eigenvalue weighted by Gasteiger charge is -2.45. The van der Waals surface area contributed by atoms with Crippen molar-refractivity contribution in [3.63, 3.8) is 0 Å². The average Bonchev–Trinajstić information content (AvgIpc) is 4.18. The lowest BCUT2D eigenvalue weighted by Crippen LogP contribution is -2.36. The Bertz CT molecular complexity index is 4080. The molecule has 1 heterocycles. The summed E-state index contributed by atoms with van der Waals surface area (Å²) >= 11 is 0. The zero-order valence-electron chi connectivity index (χ0n) is 41.8. The molecule has 2 heteroatoms. The van der Waals surface area contributed by atoms with E-state index in [1.54, 1.807) is 0 Å². The molecule has 0 aromatic heterocycles. The highest BCUT2D eigenvalue weighted by atomic mass is 15.2. The molecule has 0 amide bonds. The molecule has 12 aromatic carbocycles. The molecule has 0 N–H and O–H groups in total. The molecule has 15 rings (SSSR count). The van der Waals surface area contributed by atoms with Crippen molar-refractivity contribution in [2.75, 3.05) is 9.80 Å². The van der Waals surface area contributed by atoms with Crippen LogP contribution in [0, 0.1) is 0 Å². The molecule has 0 saturated heterocycles. The fourth-order valence-corrected chi connectivity index (χ4v) is 13.5. The fourth-order valence-electron chi connectivity index (χ4n) is 13.5. The van der Waals surface area contributed by atoms with E-state index in [0.29, 0.717) is 0 Å². The van der Waals surface area contributed by atoms with E-state index < -0.39 is 10.8 Å². The molecule has 0 fully saturated rings. The lowest BCUT2D eigenvalue weighted by atomic mass is 9.64. The molecule has 0 bridgehead atoms. The number of nitrogens with zero attached hydrogens (tertiary/aromatic N) is 2. The van der Waals surface area contributed by atoms with Crippen LogP contribution in [-0.2, 0) is 10.8 Å². The van der Waals surface area contributed by atoms with Crippen molar-refractivity contribution in [2.24, 2.45) is 0 Å². The van der Waals surface area contributed by atoms with Crippen LogP contribution in [0.1, 0.15) is 44.5 Å². The van der Waals surface area contributed by atoms with Crippen molar-refractivity contribution in [1.29, 1.82) is 0 Å². The Labute approximate surface area is 444 Å². The van der Waals surface area contributed by atoms with E-state index in [1.165, 1.54) is 100 Å². The number of para-hydroxylation sites is 3. The number of rotatable bonds is 8. The summed E-state index contributed by atoms with van der Waals surface area (Å²) in [6.45, 7) is 0. The highest BCUT2D eigenvalue weighted by Crippen LogP contribution is 2.64. The quantitative estimate of drug-likeness (QED) is 0.150. The molecular weight excluding hydrogens is 917 g/mol. The Morgan fingerprint density at radius 3 is 1.11 bits per heavy atom. The summed E-state index contributed by atoms with van der Waals surface area (Å²) in [4.78, 5) is 4.96. The molecule has 1 spiro atoms. The molecule has 3 aliphatic rings. The van der Waals surface area contributed by atoms with Crippen LogP contribution in [0.4, 0.5) is 34.1 Å². The van der Waals surface area contributed by atoms with Crippen molar-refractivity contribution in [1.82, 2.24) is 0 Å². The van der Waals surface area contributed by atoms with Crippen LogP contribution >= 0.6 is 0 Å². The molecule has 356 valence electrons. The van der Waals surface area contributed by atoms with E-state index in [9.17, 15) is 0 Å². The normalized spacial score (nSPS) is 13.7. The second-order valence-electron chi connectivity index (χ2n) is 20.3. The van der Waals surface area contributed by atoms with Gasteiger partial charge in [0.1, 0.15) is 0 Å². The minimum atomic E-state index is -0.619. The van der Waals surface area contributed by atoms with Crippen LogP contribution in [0.15, 0.2) is 303 Å². The minimum absolute atomic E-state index is 0.565. The molecule has 0 atom stereocenters. The third kappa shape index (κ3) is 6.34. The van der Waals surface area contributed by atoms with E-state index in [2.05, 4.69) is 313 Å². The zero-order chi connectivity index (χ0) is 50.2. The largest absolute Gasteiger partial charge is 0.310 e. The summed E-state index contributed by atoms with van der Waals surface area (Å²) in [5.41, 5.74) is 25.5. The molecule has 12 aromatic rings. The molecule has 2 nitrogen and oxygen atoms in total. The van der Waals surface area contributed by atoms with Crippen LogP contribution in [-0.4, -0.2) is 0 Å². The number of fused-ring (bicyclic) bond motifs is 12. The molecular formula is C74H50N2. The predicted octanol–water partition coefficient (Wildman–Crippen LogP) is 19.0. The smallest absolute Gasteiger partial charge is 0.0755 e. The Morgan fingerprint density at radius 2 is 0.592 bits per heavy atom. The van der Waals surface area contributed by atoms with E-state index in [0.717, 1.165) is 22.7 Å². The van der Waals surface area contributed by atoms with Crippen LogP contribution in [0.2, 0.25) is 0 Å². The van der Waals surface area contributed by atoms with Crippen LogP contribution < -0.4 is 9.80 Å². The number of hydrogen-bond acceptors (Lipinski definition) is 2. The van der Waals surface area contributed by atoms with Gasteiger partial charge in [-0.05, 0) is 150 Å². The maximum atomic E-state index is 2.52. The van der Waals surface area contributed by atoms with Gasteiger partial charge in [-0.25, -0.2) is 0 Å². The van der Waals surface area contributed by atoms with Gasteiger partial charge in [0.2, 0.25) is 0 Å². The third-order valence-electron chi connectivity index (χ3n) is 16.5. The second kappa shape index (κ2) is 17.4. The summed E-state index contributed by atoms with van der Waals surface area (Å²) in [5.74, 6) is 0. The average molecular weight is 967 g/mol. The minimum Gasteiger partial charge on any atom is -0.310 e. The van der Waals surface area contributed by atoms with Crippen molar-refractivity contribution in [3.8, 4) is 44.5 Å². The van der Waals surface area contributed by atoms with Gasteiger partial charge >= 0.3 is 0 Å². The van der Waals surface area contributed by atoms with Crippen molar-refractivity contribution < 1.29 is 0 Å². The standard InChI is InChI=1S/C74H50N2/c1-5-23-51(24-6-1)59-31-13-14-32-60(59)52-41-43-56(44-42-52)75(57-45-47-63-61-33-15-17-35-65(61)73(69(63)49-57,53-25-7-2-8-26-53)54-27-9-3-10-28-54)58-46-48-64-62-34-16-18-36-66(62)74(70(64)50-58)67-37-19-21-39-71(67)76(55-29-11-4-12-30-55)72-40-22-20-38-68(72)74/h1-50H. The first kappa shape index (κ1) is 43.8. The topological polar surface area (TPSA) is 6.48 Å². The first-order valence-electron chi connectivity index (χ1n) is 26.4. The van der Waals surface area contributed by atoms with Gasteiger partial charge in [0.05, 0.1) is 22.2 Å². The van der Waals surface area contributed by atoms with Crippen LogP contribution in [0.3, 0.4) is 0 Å². The molecule has 0 radical (unpaired) electrons. The molecule has 76 heavy (non-hydrogen) atoms. The van der Waals surface area contributed by atoms with Gasteiger partial charge in [-0.15, -0.1) is 0 Å². The van der Waals surface area contributed by atoms with Gasteiger partial charge in [0.15, 0.2) is 0 Å². The van der Waals surface area contributed by atoms with E-state index in [1.807, 2.05) is 0 Å². The van der Waals surface area contributed by atoms with Crippen molar-refractivity contribution in [3.05, 3.63) is 348 Å². The molecule has 0 unspecified atom stereocenters. The van der Waals surface area contributed by atoms with Gasteiger partial charge in [-0.1, -0.05) is 243 Å². The molecule has 0 saturated carbocycles. The Balaban J connectivity index is 0.985. The summed E-state index contributed by atoms with van der Waals surface area (Å²) < 4.78 is 0. The van der Waals surface area contributed by atoms with E-state index >= 15 is 0 Å². The molecule has 1 aliphatic heterocycles. The monoisotopic (exact) mass is 966 g/mol. The maximum absolute atomic E-state index is 2.52. The van der Waals surface area contributed by atoms with Gasteiger partial charge < -0.3 is 9.80 Å². The van der Waals surface area contributed by atoms with Gasteiger partial charge in [0, 0.05) is 22.7 Å². The molecule has 2 aliphatic carbocycles. The Kier molecular flexibility index (Phi) is 10.0. The van der Waals surface area contributed by atoms with Crippen molar-refractivity contribution in [2.45, 2.75) is 10.8 Å². The first-order valence-corrected chi connectivity index (χ1v) is 26.4. The Morgan fingerprint density at radius 1 is 0.237 bits per heavy atom. The maximum Gasteiger partial charge on any atom is 0.0755 e. The number of anilines is 6. The summed E-state index contributed by atoms with van der Waals surface area (Å²) in [6.07, 6.45) is 0. The van der Waals surface area contributed by atoms with Crippen LogP contribution in [0.25, 0.3) is 44.5 Å². The fraction of sp³-hybridized carbons (Fsp3) is 0.0270. The zero-order valence-corrected chi connectivity index (χ0v) is 41.8. The predicted molar refractivity (Wildman–Crippen MR) is 315 cm³/mol. The van der Waals surface area contributed by atoms with Gasteiger partial charge in [-0.2, -0.15) is 0 Å². The Hall–Kier alpha value is -9.76. The van der Waals surface area contributed by atoms with Crippen molar-refractivity contribution >= 4 is 34.1 Å². The van der Waals surface area contributed by atoms with Gasteiger partial charge in [-0.3, -0.25) is 0 Å². The highest BCUT2D eigenvalue weighted by molar-refractivity contribution is 5.98. The van der Waals surface area contributed by atoms with Crippen LogP contribution in [0.5, 0.6) is 0 Å². The summed E-state index contributed by atoms with van der Waals surface area (Å²) in [7, 11) is 0. The second-order valence-corrected chi connectivity index (χ2v) is 20.3. The lowest BCUT2D eigenvalue weighted by molar-refractivity contribution is 0.752. The third-order valence-corrected chi connectivity index (χ3v) is 16.5. The SMILES string of the molecule is c1ccc(-c2ccccc2-c2ccc(N(c3ccc4c(c3)C(c3ccccc3)(c3ccccc3)c3ccccc3-4)c3ccc4c(c3)C3(c5ccccc5-4)c4ccccc4N(c4ccccc4)c4ccccc43)cc2)cc1.